The van der Waals surface area contributed by atoms with Gasteiger partial charge in [-0.05, 0) is 72.2 Å². The van der Waals surface area contributed by atoms with E-state index in [-0.39, 0.29) is 17.4 Å². The molecule has 1 spiro atoms. The lowest BCUT2D eigenvalue weighted by atomic mass is 9.81. The van der Waals surface area contributed by atoms with Gasteiger partial charge in [0.15, 0.2) is 0 Å². The first-order valence-corrected chi connectivity index (χ1v) is 10.5. The van der Waals surface area contributed by atoms with Crippen LogP contribution in [0.1, 0.15) is 46.8 Å². The Labute approximate surface area is 174 Å². The monoisotopic (exact) mass is 416 g/mol. The van der Waals surface area contributed by atoms with Crippen LogP contribution in [0.3, 0.4) is 0 Å². The van der Waals surface area contributed by atoms with E-state index in [0.717, 1.165) is 41.1 Å². The van der Waals surface area contributed by atoms with Crippen molar-refractivity contribution in [1.82, 2.24) is 4.90 Å². The zero-order valence-electron chi connectivity index (χ0n) is 15.5. The lowest BCUT2D eigenvalue weighted by molar-refractivity contribution is 0.0303. The Morgan fingerprint density at radius 1 is 1.11 bits per heavy atom. The SMILES string of the molecule is O=C(c1ccc2c(c1)C1(CC1)CC(c1cc(Cl)ccc1Cl)N2)N1CCOCC1. The van der Waals surface area contributed by atoms with Crippen LogP contribution in [-0.2, 0) is 10.2 Å². The Kier molecular flexibility index (Phi) is 4.53. The molecule has 5 rings (SSSR count). The molecule has 0 aromatic heterocycles. The summed E-state index contributed by atoms with van der Waals surface area (Å²) in [5, 5.41) is 5.07. The van der Waals surface area contributed by atoms with Gasteiger partial charge in [0.25, 0.3) is 5.91 Å². The predicted octanol–water partition coefficient (Wildman–Crippen LogP) is 5.05. The zero-order valence-corrected chi connectivity index (χ0v) is 17.0. The number of morpholine rings is 1. The number of nitrogens with zero attached hydrogens (tertiary/aromatic N) is 1. The number of carbonyl (C=O) groups is 1. The highest BCUT2D eigenvalue weighted by Crippen LogP contribution is 2.59. The van der Waals surface area contributed by atoms with Crippen molar-refractivity contribution in [3.8, 4) is 0 Å². The van der Waals surface area contributed by atoms with E-state index in [0.29, 0.717) is 31.3 Å². The van der Waals surface area contributed by atoms with Crippen LogP contribution in [0, 0.1) is 0 Å². The number of anilines is 1. The highest BCUT2D eigenvalue weighted by Gasteiger charge is 2.50. The maximum Gasteiger partial charge on any atom is 0.254 e. The molecule has 2 heterocycles. The smallest absolute Gasteiger partial charge is 0.254 e. The van der Waals surface area contributed by atoms with Crippen LogP contribution in [0.4, 0.5) is 5.69 Å². The first-order valence-electron chi connectivity index (χ1n) is 9.79. The molecule has 1 atom stereocenters. The molecule has 6 heteroatoms. The van der Waals surface area contributed by atoms with Crippen molar-refractivity contribution in [3.05, 3.63) is 63.1 Å². The van der Waals surface area contributed by atoms with Gasteiger partial charge in [0.2, 0.25) is 0 Å². The normalized spacial score (nSPS) is 22.5. The molecule has 146 valence electrons. The van der Waals surface area contributed by atoms with Crippen molar-refractivity contribution < 1.29 is 9.53 Å². The molecule has 1 saturated heterocycles. The van der Waals surface area contributed by atoms with Gasteiger partial charge >= 0.3 is 0 Å². The van der Waals surface area contributed by atoms with Gasteiger partial charge in [0.05, 0.1) is 19.3 Å². The molecule has 1 unspecified atom stereocenters. The third kappa shape index (κ3) is 3.18. The topological polar surface area (TPSA) is 41.6 Å². The quantitative estimate of drug-likeness (QED) is 0.743. The van der Waals surface area contributed by atoms with E-state index in [1.54, 1.807) is 0 Å². The van der Waals surface area contributed by atoms with Crippen LogP contribution in [0.5, 0.6) is 0 Å². The molecule has 0 radical (unpaired) electrons. The summed E-state index contributed by atoms with van der Waals surface area (Å²) in [7, 11) is 0. The minimum Gasteiger partial charge on any atom is -0.378 e. The van der Waals surface area contributed by atoms with Gasteiger partial charge in [0, 0.05) is 34.4 Å². The molecule has 4 nitrogen and oxygen atoms in total. The Morgan fingerprint density at radius 2 is 1.89 bits per heavy atom. The van der Waals surface area contributed by atoms with E-state index in [1.165, 1.54) is 5.56 Å². The summed E-state index contributed by atoms with van der Waals surface area (Å²) in [6.07, 6.45) is 3.26. The molecular formula is C22H22Cl2N2O2. The predicted molar refractivity (Wildman–Crippen MR) is 112 cm³/mol. The molecule has 2 aliphatic heterocycles. The van der Waals surface area contributed by atoms with Crippen molar-refractivity contribution >= 4 is 34.8 Å². The fourth-order valence-corrected chi connectivity index (χ4v) is 4.95. The summed E-state index contributed by atoms with van der Waals surface area (Å²) in [5.74, 6) is 0.0990. The van der Waals surface area contributed by atoms with E-state index < -0.39 is 0 Å². The van der Waals surface area contributed by atoms with Gasteiger partial charge in [0.1, 0.15) is 0 Å². The van der Waals surface area contributed by atoms with Crippen molar-refractivity contribution in [2.24, 2.45) is 0 Å². The van der Waals surface area contributed by atoms with Crippen LogP contribution in [0.2, 0.25) is 10.0 Å². The molecule has 2 aromatic rings. The number of amides is 1. The minimum absolute atomic E-state index is 0.0990. The standard InChI is InChI=1S/C22H22Cl2N2O2/c23-15-2-3-18(24)16(12-15)20-13-22(5-6-22)17-11-14(1-4-19(17)25-20)21(27)26-7-9-28-10-8-26/h1-4,11-12,20,25H,5-10,13H2. The first-order chi connectivity index (χ1) is 13.6. The van der Waals surface area contributed by atoms with Crippen molar-refractivity contribution in [2.45, 2.75) is 30.7 Å². The molecule has 1 N–H and O–H groups in total. The van der Waals surface area contributed by atoms with Gasteiger partial charge in [-0.25, -0.2) is 0 Å². The number of carbonyl (C=O) groups excluding carboxylic acids is 1. The van der Waals surface area contributed by atoms with E-state index in [1.807, 2.05) is 35.2 Å². The number of hydrogen-bond donors (Lipinski definition) is 1. The van der Waals surface area contributed by atoms with E-state index in [9.17, 15) is 4.79 Å². The van der Waals surface area contributed by atoms with Crippen molar-refractivity contribution in [3.63, 3.8) is 0 Å². The molecule has 3 aliphatic rings. The zero-order chi connectivity index (χ0) is 19.3. The number of rotatable bonds is 2. The largest absolute Gasteiger partial charge is 0.378 e. The highest BCUT2D eigenvalue weighted by molar-refractivity contribution is 6.33. The number of halogens is 2. The van der Waals surface area contributed by atoms with Gasteiger partial charge in [-0.2, -0.15) is 0 Å². The molecule has 1 aliphatic carbocycles. The number of hydrogen-bond acceptors (Lipinski definition) is 3. The fraction of sp³-hybridized carbons (Fsp3) is 0.409. The summed E-state index contributed by atoms with van der Waals surface area (Å²) in [4.78, 5) is 14.8. The Bertz CT molecular complexity index is 936. The Hall–Kier alpha value is -1.75. The van der Waals surface area contributed by atoms with Crippen LogP contribution in [0.15, 0.2) is 36.4 Å². The summed E-state index contributed by atoms with van der Waals surface area (Å²) >= 11 is 12.7. The Balaban J connectivity index is 1.46. The van der Waals surface area contributed by atoms with Gasteiger partial charge in [-0.3, -0.25) is 4.79 Å². The molecule has 2 fully saturated rings. The second-order valence-electron chi connectivity index (χ2n) is 8.01. The summed E-state index contributed by atoms with van der Waals surface area (Å²) in [5.41, 5.74) is 4.31. The van der Waals surface area contributed by atoms with E-state index >= 15 is 0 Å². The van der Waals surface area contributed by atoms with Gasteiger partial charge in [-0.15, -0.1) is 0 Å². The average Bonchev–Trinajstić information content (AvgIpc) is 3.49. The maximum absolute atomic E-state index is 12.9. The summed E-state index contributed by atoms with van der Waals surface area (Å²) in [6, 6.07) is 11.8. The van der Waals surface area contributed by atoms with Crippen molar-refractivity contribution in [2.75, 3.05) is 31.6 Å². The third-order valence-electron chi connectivity index (χ3n) is 6.25. The van der Waals surface area contributed by atoms with Gasteiger partial charge < -0.3 is 15.0 Å². The van der Waals surface area contributed by atoms with Crippen LogP contribution in [-0.4, -0.2) is 37.1 Å². The lowest BCUT2D eigenvalue weighted by Gasteiger charge is -2.35. The molecule has 1 amide bonds. The molecule has 2 aromatic carbocycles. The average molecular weight is 417 g/mol. The fourth-order valence-electron chi connectivity index (χ4n) is 4.52. The first kappa shape index (κ1) is 18.3. The number of benzene rings is 2. The van der Waals surface area contributed by atoms with Crippen molar-refractivity contribution in [1.29, 1.82) is 0 Å². The molecular weight excluding hydrogens is 395 g/mol. The summed E-state index contributed by atoms with van der Waals surface area (Å²) in [6.45, 7) is 2.55. The molecule has 28 heavy (non-hydrogen) atoms. The summed E-state index contributed by atoms with van der Waals surface area (Å²) < 4.78 is 5.37. The number of ether oxygens (including phenoxy) is 1. The lowest BCUT2D eigenvalue weighted by Crippen LogP contribution is -2.40. The van der Waals surface area contributed by atoms with Gasteiger partial charge in [-0.1, -0.05) is 23.2 Å². The molecule has 1 saturated carbocycles. The molecule has 0 bridgehead atoms. The second kappa shape index (κ2) is 6.94. The van der Waals surface area contributed by atoms with E-state index in [4.69, 9.17) is 27.9 Å². The number of fused-ring (bicyclic) bond motifs is 2. The Morgan fingerprint density at radius 3 is 2.64 bits per heavy atom. The maximum atomic E-state index is 12.9. The van der Waals surface area contributed by atoms with Crippen LogP contribution < -0.4 is 5.32 Å². The highest BCUT2D eigenvalue weighted by atomic mass is 35.5. The van der Waals surface area contributed by atoms with E-state index in [2.05, 4.69) is 11.4 Å². The van der Waals surface area contributed by atoms with Crippen LogP contribution >= 0.6 is 23.2 Å². The third-order valence-corrected chi connectivity index (χ3v) is 6.83. The number of nitrogens with one attached hydrogen (secondary N) is 1. The minimum atomic E-state index is 0.0990. The van der Waals surface area contributed by atoms with Crippen LogP contribution in [0.25, 0.3) is 0 Å². The second-order valence-corrected chi connectivity index (χ2v) is 8.86.